The van der Waals surface area contributed by atoms with Gasteiger partial charge in [0.15, 0.2) is 5.82 Å². The summed E-state index contributed by atoms with van der Waals surface area (Å²) in [6.45, 7) is 5.59. The number of methoxy groups -OCH3 is 1. The lowest BCUT2D eigenvalue weighted by Gasteiger charge is -2.28. The van der Waals surface area contributed by atoms with Crippen LogP contribution in [0.25, 0.3) is 0 Å². The fraction of sp³-hybridized carbons (Fsp3) is 0.591. The average Bonchev–Trinajstić information content (AvgIpc) is 3.43. The van der Waals surface area contributed by atoms with Crippen LogP contribution in [0, 0.1) is 12.3 Å². The van der Waals surface area contributed by atoms with Crippen LogP contribution < -0.4 is 4.74 Å². The monoisotopic (exact) mass is 382 g/mol. The first-order valence-electron chi connectivity index (χ1n) is 10.4. The smallest absolute Gasteiger partial charge is 0.254 e. The summed E-state index contributed by atoms with van der Waals surface area (Å²) < 4.78 is 5.41. The highest BCUT2D eigenvalue weighted by Crippen LogP contribution is 2.53. The molecular formula is C22H30N4O2. The predicted molar refractivity (Wildman–Crippen MR) is 108 cm³/mol. The van der Waals surface area contributed by atoms with E-state index >= 15 is 0 Å². The van der Waals surface area contributed by atoms with Gasteiger partial charge < -0.3 is 9.64 Å². The molecule has 1 amide bonds. The van der Waals surface area contributed by atoms with Crippen molar-refractivity contribution in [3.63, 3.8) is 0 Å². The number of rotatable bonds is 5. The lowest BCUT2D eigenvalue weighted by Crippen LogP contribution is -2.31. The Morgan fingerprint density at radius 3 is 2.86 bits per heavy atom. The number of H-pyrrole nitrogens is 1. The van der Waals surface area contributed by atoms with Crippen molar-refractivity contribution in [3.8, 4) is 5.75 Å². The van der Waals surface area contributed by atoms with E-state index in [1.54, 1.807) is 7.11 Å². The van der Waals surface area contributed by atoms with Gasteiger partial charge in [0.2, 0.25) is 0 Å². The molecule has 1 N–H and O–H groups in total. The van der Waals surface area contributed by atoms with E-state index in [2.05, 4.69) is 17.1 Å². The molecule has 2 heterocycles. The number of aryl methyl sites for hydroxylation is 1. The molecule has 0 radical (unpaired) electrons. The lowest BCUT2D eigenvalue weighted by molar-refractivity contribution is 0.0772. The van der Waals surface area contributed by atoms with Crippen LogP contribution in [0.5, 0.6) is 5.75 Å². The molecule has 2 fully saturated rings. The third-order valence-electron chi connectivity index (χ3n) is 6.62. The van der Waals surface area contributed by atoms with Crippen LogP contribution in [-0.4, -0.2) is 46.2 Å². The third kappa shape index (κ3) is 3.19. The molecule has 1 spiro atoms. The minimum atomic E-state index is 0.0921. The number of aromatic nitrogens is 3. The van der Waals surface area contributed by atoms with Crippen molar-refractivity contribution in [3.05, 3.63) is 41.0 Å². The Labute approximate surface area is 166 Å². The molecule has 1 aliphatic heterocycles. The second kappa shape index (κ2) is 7.57. The van der Waals surface area contributed by atoms with E-state index in [-0.39, 0.29) is 17.2 Å². The molecule has 28 heavy (non-hydrogen) atoms. The molecule has 1 unspecified atom stereocenters. The molecular weight excluding hydrogens is 352 g/mol. The second-order valence-electron chi connectivity index (χ2n) is 8.33. The number of ether oxygens (including phenoxy) is 1. The van der Waals surface area contributed by atoms with Crippen LogP contribution in [0.3, 0.4) is 0 Å². The maximum Gasteiger partial charge on any atom is 0.254 e. The zero-order chi connectivity index (χ0) is 19.7. The van der Waals surface area contributed by atoms with E-state index in [1.165, 1.54) is 12.8 Å². The van der Waals surface area contributed by atoms with Gasteiger partial charge >= 0.3 is 0 Å². The summed E-state index contributed by atoms with van der Waals surface area (Å²) in [4.78, 5) is 20.2. The van der Waals surface area contributed by atoms with Gasteiger partial charge in [-0.15, -0.1) is 0 Å². The van der Waals surface area contributed by atoms with Gasteiger partial charge in [0.05, 0.1) is 7.11 Å². The van der Waals surface area contributed by atoms with E-state index in [4.69, 9.17) is 9.72 Å². The number of hydrogen-bond donors (Lipinski definition) is 1. The maximum absolute atomic E-state index is 13.4. The number of carbonyl (C=O) groups excluding carboxylic acids is 1. The number of nitrogens with zero attached hydrogens (tertiary/aromatic N) is 3. The van der Waals surface area contributed by atoms with E-state index < -0.39 is 0 Å². The molecule has 150 valence electrons. The first-order valence-corrected chi connectivity index (χ1v) is 10.4. The van der Waals surface area contributed by atoms with Crippen molar-refractivity contribution in [2.45, 2.75) is 58.3 Å². The van der Waals surface area contributed by atoms with Crippen molar-refractivity contribution in [2.75, 3.05) is 20.2 Å². The van der Waals surface area contributed by atoms with Crippen molar-refractivity contribution < 1.29 is 9.53 Å². The van der Waals surface area contributed by atoms with Gasteiger partial charge in [-0.1, -0.05) is 25.8 Å². The maximum atomic E-state index is 13.4. The van der Waals surface area contributed by atoms with E-state index in [9.17, 15) is 4.79 Å². The van der Waals surface area contributed by atoms with Crippen LogP contribution in [0.15, 0.2) is 18.2 Å². The number of amides is 1. The van der Waals surface area contributed by atoms with Gasteiger partial charge in [-0.3, -0.25) is 9.89 Å². The van der Waals surface area contributed by atoms with Crippen LogP contribution >= 0.6 is 0 Å². The van der Waals surface area contributed by atoms with Crippen LogP contribution in [0.2, 0.25) is 0 Å². The van der Waals surface area contributed by atoms with Gasteiger partial charge in [-0.05, 0) is 43.7 Å². The largest absolute Gasteiger partial charge is 0.496 e. The first kappa shape index (κ1) is 19.0. The highest BCUT2D eigenvalue weighted by Gasteiger charge is 2.51. The quantitative estimate of drug-likeness (QED) is 0.852. The summed E-state index contributed by atoms with van der Waals surface area (Å²) >= 11 is 0. The number of carbonyl (C=O) groups is 1. The minimum absolute atomic E-state index is 0.0921. The number of aromatic amines is 1. The molecule has 0 bridgehead atoms. The number of likely N-dealkylation sites (tertiary alicyclic amines) is 1. The summed E-state index contributed by atoms with van der Waals surface area (Å²) in [5.41, 5.74) is 1.76. The zero-order valence-corrected chi connectivity index (χ0v) is 17.1. The first-order chi connectivity index (χ1) is 13.6. The molecule has 6 heteroatoms. The number of hydrogen-bond acceptors (Lipinski definition) is 4. The molecule has 2 aromatic rings. The summed E-state index contributed by atoms with van der Waals surface area (Å²) in [5.74, 6) is 2.92. The minimum Gasteiger partial charge on any atom is -0.496 e. The zero-order valence-electron chi connectivity index (χ0n) is 17.1. The standard InChI is InChI=1S/C22H30N4O2/c1-4-8-19-23-20(25-24-19)17-13-26(14-22(17)11-5-6-12-22)21(27)16-9-7-10-18(28-3)15(16)2/h7,9-10,17H,4-6,8,11-14H2,1-3H3,(H,23,24,25). The predicted octanol–water partition coefficient (Wildman–Crippen LogP) is 3.87. The van der Waals surface area contributed by atoms with E-state index in [0.717, 1.165) is 60.8 Å². The molecule has 4 rings (SSSR count). The topological polar surface area (TPSA) is 71.1 Å². The Balaban J connectivity index is 1.62. The molecule has 6 nitrogen and oxygen atoms in total. The van der Waals surface area contributed by atoms with Gasteiger partial charge in [-0.25, -0.2) is 4.98 Å². The van der Waals surface area contributed by atoms with Crippen LogP contribution in [-0.2, 0) is 6.42 Å². The molecule has 2 aliphatic rings. The molecule has 1 saturated carbocycles. The molecule has 1 aromatic heterocycles. The molecule has 1 saturated heterocycles. The van der Waals surface area contributed by atoms with Crippen molar-refractivity contribution >= 4 is 5.91 Å². The van der Waals surface area contributed by atoms with Crippen molar-refractivity contribution in [1.29, 1.82) is 0 Å². The molecule has 1 aliphatic carbocycles. The Morgan fingerprint density at radius 2 is 2.14 bits per heavy atom. The van der Waals surface area contributed by atoms with E-state index in [0.29, 0.717) is 6.54 Å². The third-order valence-corrected chi connectivity index (χ3v) is 6.62. The fourth-order valence-electron chi connectivity index (χ4n) is 5.12. The second-order valence-corrected chi connectivity index (χ2v) is 8.33. The van der Waals surface area contributed by atoms with Gasteiger partial charge in [0, 0.05) is 36.6 Å². The average molecular weight is 383 g/mol. The van der Waals surface area contributed by atoms with Crippen molar-refractivity contribution in [1.82, 2.24) is 20.1 Å². The highest BCUT2D eigenvalue weighted by molar-refractivity contribution is 5.96. The van der Waals surface area contributed by atoms with Crippen LogP contribution in [0.1, 0.15) is 72.5 Å². The van der Waals surface area contributed by atoms with Crippen molar-refractivity contribution in [2.24, 2.45) is 5.41 Å². The Morgan fingerprint density at radius 1 is 1.36 bits per heavy atom. The summed E-state index contributed by atoms with van der Waals surface area (Å²) in [7, 11) is 1.65. The lowest BCUT2D eigenvalue weighted by atomic mass is 9.76. The molecule has 1 aromatic carbocycles. The number of benzene rings is 1. The fourth-order valence-corrected chi connectivity index (χ4v) is 5.12. The molecule has 1 atom stereocenters. The van der Waals surface area contributed by atoms with Gasteiger partial charge in [0.1, 0.15) is 11.6 Å². The highest BCUT2D eigenvalue weighted by atomic mass is 16.5. The summed E-state index contributed by atoms with van der Waals surface area (Å²) in [5, 5.41) is 7.66. The Hall–Kier alpha value is -2.37. The van der Waals surface area contributed by atoms with Gasteiger partial charge in [-0.2, -0.15) is 5.10 Å². The SMILES string of the molecule is CCCc1nc(C2CN(C(=O)c3cccc(OC)c3C)CC23CCCC3)n[nH]1. The van der Waals surface area contributed by atoms with E-state index in [1.807, 2.05) is 30.0 Å². The summed E-state index contributed by atoms with van der Waals surface area (Å²) in [6.07, 6.45) is 6.71. The Bertz CT molecular complexity index is 854. The Kier molecular flexibility index (Phi) is 5.13. The normalized spacial score (nSPS) is 20.8. The summed E-state index contributed by atoms with van der Waals surface area (Å²) in [6, 6.07) is 5.70. The van der Waals surface area contributed by atoms with Gasteiger partial charge in [0.25, 0.3) is 5.91 Å². The number of nitrogens with one attached hydrogen (secondary N) is 1. The van der Waals surface area contributed by atoms with Crippen LogP contribution in [0.4, 0.5) is 0 Å².